The van der Waals surface area contributed by atoms with Crippen LogP contribution in [0.4, 0.5) is 4.39 Å². The number of rotatable bonds is 2. The minimum atomic E-state index is -0.279. The molecule has 1 aliphatic carbocycles. The highest BCUT2D eigenvalue weighted by molar-refractivity contribution is 6.30. The lowest BCUT2D eigenvalue weighted by Gasteiger charge is -2.15. The summed E-state index contributed by atoms with van der Waals surface area (Å²) in [5.41, 5.74) is 6.66. The van der Waals surface area contributed by atoms with Crippen LogP contribution < -0.4 is 5.73 Å². The van der Waals surface area contributed by atoms with Crippen molar-refractivity contribution in [3.63, 3.8) is 0 Å². The molecule has 0 bridgehead atoms. The maximum absolute atomic E-state index is 13.6. The van der Waals surface area contributed by atoms with E-state index in [0.717, 1.165) is 19.3 Å². The fourth-order valence-corrected chi connectivity index (χ4v) is 2.50. The lowest BCUT2D eigenvalue weighted by Crippen LogP contribution is -2.26. The summed E-state index contributed by atoms with van der Waals surface area (Å²) in [4.78, 5) is 0. The van der Waals surface area contributed by atoms with Crippen LogP contribution in [-0.2, 0) is 6.42 Å². The molecule has 2 N–H and O–H groups in total. The van der Waals surface area contributed by atoms with Crippen LogP contribution in [0.2, 0.25) is 5.02 Å². The number of hydrogen-bond acceptors (Lipinski definition) is 1. The largest absolute Gasteiger partial charge is 0.327 e. The van der Waals surface area contributed by atoms with Gasteiger partial charge in [0.15, 0.2) is 0 Å². The zero-order valence-electron chi connectivity index (χ0n) is 8.55. The molecule has 0 aromatic heterocycles. The first-order chi connectivity index (χ1) is 7.18. The van der Waals surface area contributed by atoms with E-state index in [2.05, 4.69) is 0 Å². The molecular weight excluding hydrogens is 213 g/mol. The van der Waals surface area contributed by atoms with Crippen LogP contribution in [0.5, 0.6) is 0 Å². The van der Waals surface area contributed by atoms with Gasteiger partial charge in [0.1, 0.15) is 5.82 Å². The highest BCUT2D eigenvalue weighted by atomic mass is 35.5. The topological polar surface area (TPSA) is 26.0 Å². The predicted octanol–water partition coefficient (Wildman–Crippen LogP) is 3.15. The quantitative estimate of drug-likeness (QED) is 0.825. The Morgan fingerprint density at radius 1 is 1.40 bits per heavy atom. The molecule has 0 radical (unpaired) electrons. The summed E-state index contributed by atoms with van der Waals surface area (Å²) in [5, 5.41) is 0.207. The summed E-state index contributed by atoms with van der Waals surface area (Å²) >= 11 is 5.73. The molecule has 15 heavy (non-hydrogen) atoms. The van der Waals surface area contributed by atoms with E-state index in [-0.39, 0.29) is 16.9 Å². The Kier molecular flexibility index (Phi) is 3.27. The molecular formula is C12H15ClFN. The molecule has 82 valence electrons. The van der Waals surface area contributed by atoms with Crippen molar-refractivity contribution < 1.29 is 4.39 Å². The van der Waals surface area contributed by atoms with Crippen LogP contribution >= 0.6 is 11.6 Å². The van der Waals surface area contributed by atoms with Crippen molar-refractivity contribution in [3.8, 4) is 0 Å². The molecule has 0 saturated heterocycles. The van der Waals surface area contributed by atoms with Gasteiger partial charge >= 0.3 is 0 Å². The maximum Gasteiger partial charge on any atom is 0.144 e. The molecule has 1 saturated carbocycles. The third kappa shape index (κ3) is 2.32. The highest BCUT2D eigenvalue weighted by Crippen LogP contribution is 2.29. The van der Waals surface area contributed by atoms with Gasteiger partial charge in [0.25, 0.3) is 0 Å². The average molecular weight is 228 g/mol. The SMILES string of the molecule is NC1CCCC1Cc1cccc(Cl)c1F. The molecule has 1 aliphatic rings. The second-order valence-electron chi connectivity index (χ2n) is 4.27. The summed E-state index contributed by atoms with van der Waals surface area (Å²) in [6.45, 7) is 0. The van der Waals surface area contributed by atoms with Crippen LogP contribution in [0.3, 0.4) is 0 Å². The Morgan fingerprint density at radius 3 is 2.87 bits per heavy atom. The summed E-state index contributed by atoms with van der Waals surface area (Å²) in [7, 11) is 0. The highest BCUT2D eigenvalue weighted by Gasteiger charge is 2.25. The molecule has 3 heteroatoms. The lowest BCUT2D eigenvalue weighted by atomic mass is 9.95. The predicted molar refractivity (Wildman–Crippen MR) is 60.4 cm³/mol. The Balaban J connectivity index is 2.13. The van der Waals surface area contributed by atoms with Crippen molar-refractivity contribution in [2.75, 3.05) is 0 Å². The van der Waals surface area contributed by atoms with Crippen molar-refractivity contribution in [3.05, 3.63) is 34.6 Å². The Labute approximate surface area is 94.4 Å². The van der Waals surface area contributed by atoms with Gasteiger partial charge in [0, 0.05) is 6.04 Å². The molecule has 2 rings (SSSR count). The maximum atomic E-state index is 13.6. The van der Waals surface area contributed by atoms with Crippen molar-refractivity contribution in [2.24, 2.45) is 11.7 Å². The van der Waals surface area contributed by atoms with Crippen LogP contribution in [0.25, 0.3) is 0 Å². The van der Waals surface area contributed by atoms with E-state index in [1.54, 1.807) is 18.2 Å². The first-order valence-electron chi connectivity index (χ1n) is 5.37. The molecule has 1 aromatic rings. The number of benzene rings is 1. The second kappa shape index (κ2) is 4.50. The van der Waals surface area contributed by atoms with Gasteiger partial charge in [-0.1, -0.05) is 30.2 Å². The lowest BCUT2D eigenvalue weighted by molar-refractivity contribution is 0.467. The smallest absolute Gasteiger partial charge is 0.144 e. The standard InChI is InChI=1S/C12H15ClFN/c13-10-5-1-4-9(12(10)14)7-8-3-2-6-11(8)15/h1,4-5,8,11H,2-3,6-7,15H2. The zero-order valence-corrected chi connectivity index (χ0v) is 9.30. The van der Waals surface area contributed by atoms with Gasteiger partial charge in [-0.25, -0.2) is 4.39 Å². The molecule has 0 spiro atoms. The molecule has 0 amide bonds. The van der Waals surface area contributed by atoms with Gasteiger partial charge < -0.3 is 5.73 Å². The van der Waals surface area contributed by atoms with E-state index in [9.17, 15) is 4.39 Å². The fraction of sp³-hybridized carbons (Fsp3) is 0.500. The molecule has 2 unspecified atom stereocenters. The molecule has 0 aliphatic heterocycles. The van der Waals surface area contributed by atoms with Gasteiger partial charge in [0.05, 0.1) is 5.02 Å². The summed E-state index contributed by atoms with van der Waals surface area (Å²) < 4.78 is 13.6. The number of hydrogen-bond donors (Lipinski definition) is 1. The fourth-order valence-electron chi connectivity index (χ4n) is 2.31. The van der Waals surface area contributed by atoms with E-state index < -0.39 is 0 Å². The van der Waals surface area contributed by atoms with Crippen molar-refractivity contribution in [2.45, 2.75) is 31.7 Å². The van der Waals surface area contributed by atoms with Crippen LogP contribution in [0.1, 0.15) is 24.8 Å². The first kappa shape index (κ1) is 10.9. The Bertz CT molecular complexity index is 353. The van der Waals surface area contributed by atoms with Crippen molar-refractivity contribution in [1.82, 2.24) is 0 Å². The molecule has 0 heterocycles. The van der Waals surface area contributed by atoms with Crippen LogP contribution in [-0.4, -0.2) is 6.04 Å². The van der Waals surface area contributed by atoms with Crippen LogP contribution in [0, 0.1) is 11.7 Å². The number of nitrogens with two attached hydrogens (primary N) is 1. The molecule has 2 atom stereocenters. The van der Waals surface area contributed by atoms with Crippen LogP contribution in [0.15, 0.2) is 18.2 Å². The van der Waals surface area contributed by atoms with E-state index in [1.807, 2.05) is 0 Å². The van der Waals surface area contributed by atoms with Gasteiger partial charge in [0.2, 0.25) is 0 Å². The Hall–Kier alpha value is -0.600. The molecule has 1 fully saturated rings. The molecule has 1 nitrogen and oxygen atoms in total. The monoisotopic (exact) mass is 227 g/mol. The first-order valence-corrected chi connectivity index (χ1v) is 5.74. The molecule has 1 aromatic carbocycles. The van der Waals surface area contributed by atoms with E-state index in [4.69, 9.17) is 17.3 Å². The third-order valence-electron chi connectivity index (χ3n) is 3.23. The normalized spacial score (nSPS) is 25.8. The van der Waals surface area contributed by atoms with E-state index in [0.29, 0.717) is 17.9 Å². The average Bonchev–Trinajstić information content (AvgIpc) is 2.60. The minimum absolute atomic E-state index is 0.207. The van der Waals surface area contributed by atoms with Gasteiger partial charge in [-0.2, -0.15) is 0 Å². The van der Waals surface area contributed by atoms with E-state index in [1.165, 1.54) is 0 Å². The third-order valence-corrected chi connectivity index (χ3v) is 3.52. The van der Waals surface area contributed by atoms with E-state index >= 15 is 0 Å². The van der Waals surface area contributed by atoms with Gasteiger partial charge in [-0.3, -0.25) is 0 Å². The number of halogens is 2. The zero-order chi connectivity index (χ0) is 10.8. The van der Waals surface area contributed by atoms with Crippen molar-refractivity contribution >= 4 is 11.6 Å². The van der Waals surface area contributed by atoms with Gasteiger partial charge in [-0.05, 0) is 36.8 Å². The summed E-state index contributed by atoms with van der Waals surface area (Å²) in [6, 6.07) is 5.39. The second-order valence-corrected chi connectivity index (χ2v) is 4.68. The Morgan fingerprint density at radius 2 is 2.20 bits per heavy atom. The minimum Gasteiger partial charge on any atom is -0.327 e. The summed E-state index contributed by atoms with van der Waals surface area (Å²) in [6.07, 6.45) is 4.04. The summed E-state index contributed by atoms with van der Waals surface area (Å²) in [5.74, 6) is 0.135. The van der Waals surface area contributed by atoms with Crippen molar-refractivity contribution in [1.29, 1.82) is 0 Å². The van der Waals surface area contributed by atoms with Gasteiger partial charge in [-0.15, -0.1) is 0 Å².